The van der Waals surface area contributed by atoms with E-state index in [1.807, 2.05) is 24.3 Å². The van der Waals surface area contributed by atoms with Crippen LogP contribution in [-0.4, -0.2) is 145 Å². The molecular weight excluding hydrogens is 1600 g/mol. The van der Waals surface area contributed by atoms with Crippen molar-refractivity contribution in [3.05, 3.63) is 325 Å². The molecule has 6 atom stereocenters. The lowest BCUT2D eigenvalue weighted by molar-refractivity contribution is -0.122. The number of benzene rings is 15. The number of aromatic hydroxyl groups is 2. The van der Waals surface area contributed by atoms with Gasteiger partial charge in [-0.3, -0.25) is 48.4 Å². The number of ether oxygens (including phenoxy) is 12. The summed E-state index contributed by atoms with van der Waals surface area (Å²) in [5.74, 6) is -3.21. The molecule has 0 aliphatic carbocycles. The molecule has 6 aliphatic rings. The highest BCUT2D eigenvalue weighted by molar-refractivity contribution is 6.45. The van der Waals surface area contributed by atoms with Gasteiger partial charge in [-0.2, -0.15) is 0 Å². The number of anilines is 4. The molecule has 0 spiro atoms. The van der Waals surface area contributed by atoms with E-state index >= 15 is 28.8 Å². The van der Waals surface area contributed by atoms with Crippen LogP contribution in [0.3, 0.4) is 0 Å². The molecule has 6 heterocycles. The highest BCUT2D eigenvalue weighted by Gasteiger charge is 2.49. The monoisotopic (exact) mass is 1680 g/mol. The fraction of sp³-hybridized carbons (Fsp3) is 0.157. The van der Waals surface area contributed by atoms with Gasteiger partial charge in [0.1, 0.15) is 143 Å². The third-order valence-corrected chi connectivity index (χ3v) is 22.9. The predicted molar refractivity (Wildman–Crippen MR) is 467 cm³/mol. The molecule has 6 aliphatic heterocycles. The molecule has 24 heteroatoms. The maximum absolute atomic E-state index is 17.3. The van der Waals surface area contributed by atoms with Crippen molar-refractivity contribution in [1.82, 2.24) is 9.80 Å². The lowest BCUT2D eigenvalue weighted by atomic mass is 9.80. The van der Waals surface area contributed by atoms with Gasteiger partial charge in [-0.1, -0.05) is 121 Å². The lowest BCUT2D eigenvalue weighted by Crippen LogP contribution is -2.55. The molecule has 126 heavy (non-hydrogen) atoms. The largest absolute Gasteiger partial charge is 0.508 e. The molecule has 0 bridgehead atoms. The Bertz CT molecular complexity index is 6050. The average molecular weight is 1680 g/mol. The molecule has 6 amide bonds. The Balaban J connectivity index is 0.875. The fourth-order valence-electron chi connectivity index (χ4n) is 16.6. The van der Waals surface area contributed by atoms with Crippen LogP contribution >= 0.6 is 0 Å². The molecular formula is C102H76N4O20. The Morgan fingerprint density at radius 1 is 0.302 bits per heavy atom. The number of amides is 6. The Hall–Kier alpha value is -15.3. The van der Waals surface area contributed by atoms with Crippen molar-refractivity contribution in [1.29, 1.82) is 0 Å². The van der Waals surface area contributed by atoms with Gasteiger partial charge in [-0.25, -0.2) is 0 Å². The van der Waals surface area contributed by atoms with Crippen LogP contribution in [-0.2, 0) is 41.4 Å². The van der Waals surface area contributed by atoms with Crippen molar-refractivity contribution in [2.75, 3.05) is 62.7 Å². The summed E-state index contributed by atoms with van der Waals surface area (Å²) in [6.07, 6.45) is -1.15. The minimum atomic E-state index is -1.66. The van der Waals surface area contributed by atoms with Gasteiger partial charge < -0.3 is 67.1 Å². The molecule has 0 aromatic heterocycles. The molecule has 0 radical (unpaired) electrons. The number of imide groups is 2. The molecule has 2 N–H and O–H groups in total. The highest BCUT2D eigenvalue weighted by Crippen LogP contribution is 2.59. The van der Waals surface area contributed by atoms with Crippen LogP contribution in [0.1, 0.15) is 52.6 Å². The zero-order valence-corrected chi connectivity index (χ0v) is 67.3. The fourth-order valence-corrected chi connectivity index (χ4v) is 16.6. The SMILES string of the molecule is O=C(C(Cc1ccc(O)cc1)N1C(=O)c2cc(Oc3cccc(OCC4CO4)c3)c3c4c(Oc5cccc(OCC6CO6)c5)cc5c6c(cc(Oc7cccc(OCC8CO8)c7)c(c7c(Oc8cccc(OCC9CO9)c8)cc(c2c37)C1=O)c64)C(=O)N(C(Cc1ccc(O)cc1)C(=O)N(c1ccccc1)c1ccccc1)C5=O)N(c1ccccc1)c1ccccc1. The van der Waals surface area contributed by atoms with Crippen molar-refractivity contribution in [3.8, 4) is 80.5 Å². The summed E-state index contributed by atoms with van der Waals surface area (Å²) in [4.78, 5) is 107. The van der Waals surface area contributed by atoms with E-state index in [2.05, 4.69) is 0 Å². The number of carbonyl (C=O) groups excluding carboxylic acids is 6. The number of hydrogen-bond acceptors (Lipinski definition) is 20. The van der Waals surface area contributed by atoms with E-state index < -0.39 is 47.5 Å². The zero-order chi connectivity index (χ0) is 85.2. The summed E-state index contributed by atoms with van der Waals surface area (Å²) < 4.78 is 77.6. The molecule has 624 valence electrons. The van der Waals surface area contributed by atoms with Crippen LogP contribution in [0, 0.1) is 0 Å². The van der Waals surface area contributed by atoms with Crippen LogP contribution < -0.4 is 47.7 Å². The van der Waals surface area contributed by atoms with Gasteiger partial charge >= 0.3 is 0 Å². The number of hydrogen-bond donors (Lipinski definition) is 2. The predicted octanol–water partition coefficient (Wildman–Crippen LogP) is 18.6. The van der Waals surface area contributed by atoms with Gasteiger partial charge in [0.15, 0.2) is 0 Å². The molecule has 6 unspecified atom stereocenters. The van der Waals surface area contributed by atoms with E-state index in [0.717, 1.165) is 9.80 Å². The highest BCUT2D eigenvalue weighted by atomic mass is 16.6. The smallest absolute Gasteiger partial charge is 0.262 e. The Kier molecular flexibility index (Phi) is 20.3. The summed E-state index contributed by atoms with van der Waals surface area (Å²) in [6.45, 7) is 2.85. The number of epoxide rings is 4. The van der Waals surface area contributed by atoms with E-state index in [0.29, 0.717) is 83.3 Å². The number of carbonyl (C=O) groups is 6. The first-order chi connectivity index (χ1) is 61.7. The standard InChI is InChI=1S/C102H76N4O20/c107-65-37-33-59(34-38-65)41-83(101(113)103(61-17-5-1-6-18-61)62-19-7-2-8-20-62)105-97(109)79-47-85(123-71-29-13-25-67(43-71)115-51-75-55-119-75)91-93-87(125-73-31-15-27-69(45-73)117-53-77-57-121-77)49-81-90-82(100(112)106(99(81)111)84(42-60-35-39-66(108)40-36-60)102(114)104(63-21-9-3-10-22-63)64-23-11-4-12-24-64)50-88(126-74-32-16-28-70(46-74)118-54-78-58-122-78)94(96(90)93)92-86(48-80(98(105)110)89(79)95(91)92)124-72-30-14-26-68(44-72)116-52-76-56-120-76/h1-40,43-50,75-78,83-84,107-108H,41-42,51-58H2. The molecule has 4 saturated heterocycles. The maximum Gasteiger partial charge on any atom is 0.262 e. The van der Waals surface area contributed by atoms with Crippen LogP contribution in [0.5, 0.6) is 80.5 Å². The molecule has 0 saturated carbocycles. The first-order valence-corrected chi connectivity index (χ1v) is 41.4. The van der Waals surface area contributed by atoms with Crippen LogP contribution in [0.15, 0.2) is 291 Å². The quantitative estimate of drug-likeness (QED) is 0.0171. The Labute approximate surface area is 720 Å². The molecule has 15 aromatic carbocycles. The van der Waals surface area contributed by atoms with Crippen molar-refractivity contribution in [2.24, 2.45) is 0 Å². The van der Waals surface area contributed by atoms with Gasteiger partial charge in [0.2, 0.25) is 0 Å². The van der Waals surface area contributed by atoms with Crippen LogP contribution in [0.2, 0.25) is 0 Å². The molecule has 24 nitrogen and oxygen atoms in total. The van der Waals surface area contributed by atoms with Crippen LogP contribution in [0.4, 0.5) is 22.7 Å². The number of phenolic OH excluding ortho intramolecular Hbond substituents is 2. The van der Waals surface area contributed by atoms with Crippen molar-refractivity contribution >= 4 is 101 Å². The zero-order valence-electron chi connectivity index (χ0n) is 67.3. The number of phenols is 2. The summed E-state index contributed by atoms with van der Waals surface area (Å²) in [6, 6.07) is 78.1. The second-order valence-corrected chi connectivity index (χ2v) is 31.5. The molecule has 4 fully saturated rings. The second-order valence-electron chi connectivity index (χ2n) is 31.5. The second kappa shape index (κ2) is 32.8. The van der Waals surface area contributed by atoms with E-state index in [4.69, 9.17) is 56.8 Å². The minimum Gasteiger partial charge on any atom is -0.508 e. The van der Waals surface area contributed by atoms with E-state index in [1.165, 1.54) is 58.3 Å². The topological polar surface area (TPSA) is 280 Å². The lowest BCUT2D eigenvalue weighted by Gasteiger charge is -2.38. The van der Waals surface area contributed by atoms with Crippen molar-refractivity contribution < 1.29 is 95.8 Å². The molecule has 15 aromatic rings. The Morgan fingerprint density at radius 2 is 0.540 bits per heavy atom. The summed E-state index contributed by atoms with van der Waals surface area (Å²) in [5.41, 5.74) is 2.11. The summed E-state index contributed by atoms with van der Waals surface area (Å²) in [7, 11) is 0. The minimum absolute atomic E-state index is 0.0504. The van der Waals surface area contributed by atoms with Gasteiger partial charge in [0.25, 0.3) is 35.4 Å². The third kappa shape index (κ3) is 15.5. The van der Waals surface area contributed by atoms with E-state index in [9.17, 15) is 10.2 Å². The van der Waals surface area contributed by atoms with Gasteiger partial charge in [-0.15, -0.1) is 0 Å². The number of para-hydroxylation sites is 4. The first-order valence-electron chi connectivity index (χ1n) is 41.4. The van der Waals surface area contributed by atoms with E-state index in [-0.39, 0.29) is 187 Å². The van der Waals surface area contributed by atoms with Crippen molar-refractivity contribution in [3.63, 3.8) is 0 Å². The maximum atomic E-state index is 17.3. The Morgan fingerprint density at radius 3 is 0.778 bits per heavy atom. The normalized spacial score (nSPS) is 16.9. The van der Waals surface area contributed by atoms with Gasteiger partial charge in [0.05, 0.1) is 48.7 Å². The van der Waals surface area contributed by atoms with Crippen LogP contribution in [0.25, 0.3) is 43.1 Å². The third-order valence-electron chi connectivity index (χ3n) is 22.9. The number of rotatable bonds is 32. The van der Waals surface area contributed by atoms with Gasteiger partial charge in [-0.05, 0) is 157 Å². The first kappa shape index (κ1) is 77.9. The van der Waals surface area contributed by atoms with Crippen molar-refractivity contribution in [2.45, 2.75) is 49.3 Å². The molecule has 21 rings (SSSR count). The van der Waals surface area contributed by atoms with E-state index in [1.54, 1.807) is 218 Å². The van der Waals surface area contributed by atoms with Gasteiger partial charge in [0, 0.05) is 103 Å². The number of fused-ring (bicyclic) bond motifs is 2. The summed E-state index contributed by atoms with van der Waals surface area (Å²) in [5, 5.41) is 22.5. The summed E-state index contributed by atoms with van der Waals surface area (Å²) >= 11 is 0. The number of nitrogens with zero attached hydrogens (tertiary/aromatic N) is 4. The average Bonchev–Trinajstić information content (AvgIpc) is 0.830.